The molecule has 2 heteroatoms. The van der Waals surface area contributed by atoms with Crippen LogP contribution in [-0.2, 0) is 5.41 Å². The van der Waals surface area contributed by atoms with Gasteiger partial charge in [-0.1, -0.05) is 82.1 Å². The van der Waals surface area contributed by atoms with Crippen LogP contribution in [0.5, 0.6) is 11.5 Å². The molecule has 3 aliphatic carbocycles. The van der Waals surface area contributed by atoms with E-state index in [1.165, 1.54) is 81.8 Å². The molecule has 2 aromatic rings. The minimum atomic E-state index is -0.276. The fourth-order valence-electron chi connectivity index (χ4n) is 7.09. The topological polar surface area (TPSA) is 40.5 Å². The van der Waals surface area contributed by atoms with Gasteiger partial charge >= 0.3 is 0 Å². The lowest BCUT2D eigenvalue weighted by atomic mass is 9.63. The van der Waals surface area contributed by atoms with E-state index in [2.05, 4.69) is 24.3 Å². The van der Waals surface area contributed by atoms with Gasteiger partial charge in [-0.05, 0) is 73.6 Å². The molecule has 0 heterocycles. The Kier molecular flexibility index (Phi) is 6.49. The van der Waals surface area contributed by atoms with Crippen molar-refractivity contribution in [3.63, 3.8) is 0 Å². The van der Waals surface area contributed by atoms with Crippen LogP contribution in [-0.4, -0.2) is 10.2 Å². The van der Waals surface area contributed by atoms with Gasteiger partial charge in [0.15, 0.2) is 0 Å². The first-order valence-electron chi connectivity index (χ1n) is 13.3. The zero-order chi connectivity index (χ0) is 22.0. The predicted molar refractivity (Wildman–Crippen MR) is 132 cm³/mol. The van der Waals surface area contributed by atoms with Crippen LogP contribution in [0.2, 0.25) is 0 Å². The van der Waals surface area contributed by atoms with E-state index >= 15 is 0 Å². The number of rotatable bonds is 4. The smallest absolute Gasteiger partial charge is 0.119 e. The summed E-state index contributed by atoms with van der Waals surface area (Å²) in [7, 11) is 0. The van der Waals surface area contributed by atoms with Crippen molar-refractivity contribution in [2.24, 2.45) is 0 Å². The third kappa shape index (κ3) is 4.18. The van der Waals surface area contributed by atoms with Gasteiger partial charge in [0.2, 0.25) is 0 Å². The summed E-state index contributed by atoms with van der Waals surface area (Å²) >= 11 is 0. The Morgan fingerprint density at radius 2 is 0.938 bits per heavy atom. The molecule has 3 aliphatic rings. The molecule has 0 aromatic heterocycles. The molecule has 3 saturated carbocycles. The predicted octanol–water partition coefficient (Wildman–Crippen LogP) is 8.44. The van der Waals surface area contributed by atoms with Crippen LogP contribution in [0.25, 0.3) is 0 Å². The maximum atomic E-state index is 11.1. The number of hydrogen-bond donors (Lipinski definition) is 2. The minimum Gasteiger partial charge on any atom is -0.508 e. The molecule has 0 bridgehead atoms. The summed E-state index contributed by atoms with van der Waals surface area (Å²) in [6.45, 7) is 0. The van der Waals surface area contributed by atoms with E-state index in [0.29, 0.717) is 23.3 Å². The molecule has 32 heavy (non-hydrogen) atoms. The molecule has 2 N–H and O–H groups in total. The van der Waals surface area contributed by atoms with Crippen LogP contribution in [0.15, 0.2) is 36.4 Å². The lowest BCUT2D eigenvalue weighted by Gasteiger charge is -2.40. The molecular weight excluding hydrogens is 392 g/mol. The molecule has 0 spiro atoms. The van der Waals surface area contributed by atoms with Gasteiger partial charge < -0.3 is 10.2 Å². The number of aromatic hydroxyl groups is 2. The van der Waals surface area contributed by atoms with Crippen molar-refractivity contribution in [2.75, 3.05) is 0 Å². The summed E-state index contributed by atoms with van der Waals surface area (Å²) in [5.41, 5.74) is 4.64. The van der Waals surface area contributed by atoms with Gasteiger partial charge in [0.05, 0.1) is 0 Å². The standard InChI is InChI=1S/C30H40O2/c31-28-16-14-24(22-10-4-1-5-11-22)20-26(28)30(18-8-3-9-19-30)27-21-25(15-17-29(27)32)23-12-6-2-7-13-23/h14-17,20-23,31-32H,1-13,18-19H2. The zero-order valence-electron chi connectivity index (χ0n) is 19.6. The Morgan fingerprint density at radius 3 is 1.38 bits per heavy atom. The quantitative estimate of drug-likeness (QED) is 0.509. The van der Waals surface area contributed by atoms with Gasteiger partial charge in [-0.2, -0.15) is 0 Å². The van der Waals surface area contributed by atoms with Crippen molar-refractivity contribution in [1.82, 2.24) is 0 Å². The molecule has 172 valence electrons. The Balaban J connectivity index is 1.59. The molecule has 3 fully saturated rings. The number of phenols is 2. The molecular formula is C30H40O2. The molecule has 0 saturated heterocycles. The molecule has 0 aliphatic heterocycles. The van der Waals surface area contributed by atoms with Crippen molar-refractivity contribution in [3.8, 4) is 11.5 Å². The summed E-state index contributed by atoms with van der Waals surface area (Å²) in [6, 6.07) is 12.8. The van der Waals surface area contributed by atoms with E-state index < -0.39 is 0 Å². The second kappa shape index (κ2) is 9.49. The Bertz CT molecular complexity index is 843. The Labute approximate surface area is 194 Å². The van der Waals surface area contributed by atoms with E-state index in [1.807, 2.05) is 12.1 Å². The van der Waals surface area contributed by atoms with Gasteiger partial charge in [-0.3, -0.25) is 0 Å². The van der Waals surface area contributed by atoms with Crippen molar-refractivity contribution < 1.29 is 10.2 Å². The van der Waals surface area contributed by atoms with E-state index in [-0.39, 0.29) is 5.41 Å². The summed E-state index contributed by atoms with van der Waals surface area (Å²) in [4.78, 5) is 0. The highest BCUT2D eigenvalue weighted by atomic mass is 16.3. The number of benzene rings is 2. The fraction of sp³-hybridized carbons (Fsp3) is 0.600. The summed E-state index contributed by atoms with van der Waals surface area (Å²) in [5.74, 6) is 2.06. The summed E-state index contributed by atoms with van der Waals surface area (Å²) in [6.07, 6.45) is 18.6. The number of phenolic OH excluding ortho intramolecular Hbond substituents is 2. The van der Waals surface area contributed by atoms with Crippen LogP contribution in [0.1, 0.15) is 130 Å². The van der Waals surface area contributed by atoms with Crippen LogP contribution >= 0.6 is 0 Å². The molecule has 0 unspecified atom stereocenters. The van der Waals surface area contributed by atoms with E-state index in [4.69, 9.17) is 0 Å². The highest BCUT2D eigenvalue weighted by Crippen LogP contribution is 2.52. The molecule has 2 aromatic carbocycles. The fourth-order valence-corrected chi connectivity index (χ4v) is 7.09. The molecule has 2 nitrogen and oxygen atoms in total. The van der Waals surface area contributed by atoms with Crippen molar-refractivity contribution >= 4 is 0 Å². The van der Waals surface area contributed by atoms with E-state index in [1.54, 1.807) is 0 Å². The molecule has 0 radical (unpaired) electrons. The first kappa shape index (κ1) is 21.9. The van der Waals surface area contributed by atoms with E-state index in [9.17, 15) is 10.2 Å². The largest absolute Gasteiger partial charge is 0.508 e. The Hall–Kier alpha value is -1.96. The highest BCUT2D eigenvalue weighted by Gasteiger charge is 2.40. The highest BCUT2D eigenvalue weighted by molar-refractivity contribution is 5.54. The monoisotopic (exact) mass is 432 g/mol. The maximum absolute atomic E-state index is 11.1. The zero-order valence-corrected chi connectivity index (χ0v) is 19.6. The third-order valence-electron chi connectivity index (χ3n) is 8.93. The first-order chi connectivity index (χ1) is 15.7. The lowest BCUT2D eigenvalue weighted by Crippen LogP contribution is -2.31. The van der Waals surface area contributed by atoms with Crippen LogP contribution in [0.3, 0.4) is 0 Å². The average Bonchev–Trinajstić information content (AvgIpc) is 2.86. The number of hydrogen-bond acceptors (Lipinski definition) is 2. The van der Waals surface area contributed by atoms with Gasteiger partial charge in [0.25, 0.3) is 0 Å². The van der Waals surface area contributed by atoms with Crippen LogP contribution in [0.4, 0.5) is 0 Å². The van der Waals surface area contributed by atoms with Crippen molar-refractivity contribution in [1.29, 1.82) is 0 Å². The maximum Gasteiger partial charge on any atom is 0.119 e. The van der Waals surface area contributed by atoms with Crippen LogP contribution < -0.4 is 0 Å². The van der Waals surface area contributed by atoms with Crippen molar-refractivity contribution in [3.05, 3.63) is 58.7 Å². The average molecular weight is 433 g/mol. The second-order valence-electron chi connectivity index (χ2n) is 10.9. The second-order valence-corrected chi connectivity index (χ2v) is 10.9. The van der Waals surface area contributed by atoms with Gasteiger partial charge in [0.1, 0.15) is 11.5 Å². The van der Waals surface area contributed by atoms with E-state index in [0.717, 1.165) is 36.8 Å². The van der Waals surface area contributed by atoms with Crippen LogP contribution in [0, 0.1) is 0 Å². The Morgan fingerprint density at radius 1 is 0.531 bits per heavy atom. The van der Waals surface area contributed by atoms with Gasteiger partial charge in [0, 0.05) is 16.5 Å². The molecule has 0 amide bonds. The summed E-state index contributed by atoms with van der Waals surface area (Å²) < 4.78 is 0. The SMILES string of the molecule is Oc1ccc(C2CCCCC2)cc1C1(c2cc(C3CCCCC3)ccc2O)CCCCC1. The lowest BCUT2D eigenvalue weighted by molar-refractivity contribution is 0.320. The van der Waals surface area contributed by atoms with Gasteiger partial charge in [-0.25, -0.2) is 0 Å². The van der Waals surface area contributed by atoms with Gasteiger partial charge in [-0.15, -0.1) is 0 Å². The molecule has 0 atom stereocenters. The first-order valence-corrected chi connectivity index (χ1v) is 13.3. The summed E-state index contributed by atoms with van der Waals surface area (Å²) in [5, 5.41) is 22.3. The molecule has 5 rings (SSSR count). The van der Waals surface area contributed by atoms with Crippen molar-refractivity contribution in [2.45, 2.75) is 114 Å². The minimum absolute atomic E-state index is 0.276. The normalized spacial score (nSPS) is 22.6. The third-order valence-corrected chi connectivity index (χ3v) is 8.93.